The monoisotopic (exact) mass is 276 g/mol. The van der Waals surface area contributed by atoms with Crippen LogP contribution in [0.1, 0.15) is 42.4 Å². The van der Waals surface area contributed by atoms with E-state index < -0.39 is 0 Å². The van der Waals surface area contributed by atoms with Crippen molar-refractivity contribution in [3.63, 3.8) is 0 Å². The number of nitrogens with zero attached hydrogens (tertiary/aromatic N) is 3. The predicted octanol–water partition coefficient (Wildman–Crippen LogP) is 2.90. The summed E-state index contributed by atoms with van der Waals surface area (Å²) in [7, 11) is 1.91. The van der Waals surface area contributed by atoms with Gasteiger partial charge >= 0.3 is 0 Å². The first-order valence-corrected chi connectivity index (χ1v) is 7.82. The first kappa shape index (κ1) is 12.8. The zero-order valence-corrected chi connectivity index (χ0v) is 12.1. The van der Waals surface area contributed by atoms with Crippen LogP contribution < -0.4 is 5.32 Å². The Kier molecular flexibility index (Phi) is 3.94. The van der Waals surface area contributed by atoms with Gasteiger partial charge in [-0.1, -0.05) is 18.9 Å². The highest BCUT2D eigenvalue weighted by atomic mass is 32.1. The lowest BCUT2D eigenvalue weighted by atomic mass is 9.97. The Bertz CT molecular complexity index is 499. The Hall–Kier alpha value is -1.20. The Morgan fingerprint density at radius 1 is 1.47 bits per heavy atom. The highest BCUT2D eigenvalue weighted by Gasteiger charge is 2.26. The van der Waals surface area contributed by atoms with Crippen molar-refractivity contribution in [2.45, 2.75) is 38.3 Å². The fourth-order valence-electron chi connectivity index (χ4n) is 2.92. The first-order valence-electron chi connectivity index (χ1n) is 6.94. The number of thiophene rings is 1. The molecule has 1 fully saturated rings. The molecule has 5 heteroatoms. The topological polar surface area (TPSA) is 42.7 Å². The second kappa shape index (κ2) is 5.84. The number of nitrogens with one attached hydrogen (secondary N) is 1. The average molecular weight is 276 g/mol. The molecule has 4 nitrogen and oxygen atoms in total. The lowest BCUT2D eigenvalue weighted by Crippen LogP contribution is -2.26. The predicted molar refractivity (Wildman–Crippen MR) is 76.9 cm³/mol. The highest BCUT2D eigenvalue weighted by molar-refractivity contribution is 7.10. The summed E-state index contributed by atoms with van der Waals surface area (Å²) in [5.74, 6) is 1.64. The van der Waals surface area contributed by atoms with Crippen molar-refractivity contribution in [2.24, 2.45) is 13.0 Å². The van der Waals surface area contributed by atoms with Crippen molar-refractivity contribution >= 4 is 11.3 Å². The van der Waals surface area contributed by atoms with Crippen LogP contribution in [0.25, 0.3) is 0 Å². The molecule has 2 heterocycles. The van der Waals surface area contributed by atoms with E-state index in [1.54, 1.807) is 11.0 Å². The molecule has 102 valence electrons. The second-order valence-electron chi connectivity index (χ2n) is 5.25. The number of rotatable bonds is 5. The van der Waals surface area contributed by atoms with Gasteiger partial charge in [-0.3, -0.25) is 4.68 Å². The molecule has 19 heavy (non-hydrogen) atoms. The molecular formula is C14H20N4S. The molecule has 1 N–H and O–H groups in total. The lowest BCUT2D eigenvalue weighted by Gasteiger charge is -2.23. The van der Waals surface area contributed by atoms with Crippen LogP contribution in [0.5, 0.6) is 0 Å². The summed E-state index contributed by atoms with van der Waals surface area (Å²) < 4.78 is 1.76. The molecule has 1 aliphatic rings. The van der Waals surface area contributed by atoms with E-state index in [0.717, 1.165) is 18.3 Å². The molecule has 0 aliphatic heterocycles. The molecule has 1 aliphatic carbocycles. The molecular weight excluding hydrogens is 256 g/mol. The van der Waals surface area contributed by atoms with Crippen molar-refractivity contribution in [2.75, 3.05) is 0 Å². The number of hydrogen-bond donors (Lipinski definition) is 1. The number of aryl methyl sites for hydroxylation is 1. The number of aromatic nitrogens is 3. The number of hydrogen-bond acceptors (Lipinski definition) is 4. The van der Waals surface area contributed by atoms with Crippen molar-refractivity contribution in [3.05, 3.63) is 34.5 Å². The van der Waals surface area contributed by atoms with Gasteiger partial charge in [-0.15, -0.1) is 11.3 Å². The van der Waals surface area contributed by atoms with E-state index in [4.69, 9.17) is 0 Å². The van der Waals surface area contributed by atoms with Gasteiger partial charge in [-0.25, -0.2) is 4.98 Å². The SMILES string of the molecule is Cn1cnc(CNC(c2cccs2)C2CCCC2)n1. The lowest BCUT2D eigenvalue weighted by molar-refractivity contribution is 0.367. The maximum atomic E-state index is 4.34. The minimum atomic E-state index is 0.464. The van der Waals surface area contributed by atoms with E-state index in [9.17, 15) is 0 Å². The summed E-state index contributed by atoms with van der Waals surface area (Å²) in [4.78, 5) is 5.74. The average Bonchev–Trinajstić information content (AvgIpc) is 3.11. The summed E-state index contributed by atoms with van der Waals surface area (Å²) in [6.45, 7) is 0.750. The van der Waals surface area contributed by atoms with Crippen LogP contribution >= 0.6 is 11.3 Å². The summed E-state index contributed by atoms with van der Waals surface area (Å²) in [5, 5.41) is 10.2. The van der Waals surface area contributed by atoms with Gasteiger partial charge in [0.05, 0.1) is 6.54 Å². The summed E-state index contributed by atoms with van der Waals surface area (Å²) in [6.07, 6.45) is 7.18. The van der Waals surface area contributed by atoms with Gasteiger partial charge in [-0.05, 0) is 30.2 Å². The third-order valence-corrected chi connectivity index (χ3v) is 4.80. The molecule has 0 bridgehead atoms. The third-order valence-electron chi connectivity index (χ3n) is 3.85. The molecule has 0 amide bonds. The van der Waals surface area contributed by atoms with Gasteiger partial charge in [0.15, 0.2) is 5.82 Å². The maximum absolute atomic E-state index is 4.34. The smallest absolute Gasteiger partial charge is 0.164 e. The van der Waals surface area contributed by atoms with Gasteiger partial charge in [0.2, 0.25) is 0 Å². The maximum Gasteiger partial charge on any atom is 0.164 e. The van der Waals surface area contributed by atoms with Crippen LogP contribution in [0.2, 0.25) is 0 Å². The third kappa shape index (κ3) is 3.04. The molecule has 0 aromatic carbocycles. The van der Waals surface area contributed by atoms with E-state index in [1.807, 2.05) is 18.4 Å². The molecule has 0 spiro atoms. The van der Waals surface area contributed by atoms with Gasteiger partial charge < -0.3 is 5.32 Å². The summed E-state index contributed by atoms with van der Waals surface area (Å²) >= 11 is 1.85. The van der Waals surface area contributed by atoms with Gasteiger partial charge in [0, 0.05) is 18.0 Å². The van der Waals surface area contributed by atoms with Crippen LogP contribution in [-0.4, -0.2) is 14.8 Å². The zero-order chi connectivity index (χ0) is 13.1. The van der Waals surface area contributed by atoms with Crippen LogP contribution in [0.3, 0.4) is 0 Å². The van der Waals surface area contributed by atoms with Gasteiger partial charge in [0.25, 0.3) is 0 Å². The largest absolute Gasteiger partial charge is 0.302 e. The van der Waals surface area contributed by atoms with Crippen molar-refractivity contribution < 1.29 is 0 Å². The molecule has 1 unspecified atom stereocenters. The van der Waals surface area contributed by atoms with Gasteiger partial charge in [0.1, 0.15) is 6.33 Å². The molecule has 2 aromatic heterocycles. The van der Waals surface area contributed by atoms with Crippen LogP contribution in [0, 0.1) is 5.92 Å². The standard InChI is InChI=1S/C14H20N4S/c1-18-10-16-13(17-18)9-15-14(11-5-2-3-6-11)12-7-4-8-19-12/h4,7-8,10-11,14-15H,2-3,5-6,9H2,1H3. The Morgan fingerprint density at radius 3 is 2.95 bits per heavy atom. The minimum absolute atomic E-state index is 0.464. The summed E-state index contributed by atoms with van der Waals surface area (Å²) in [6, 6.07) is 4.85. The van der Waals surface area contributed by atoms with E-state index >= 15 is 0 Å². The molecule has 1 atom stereocenters. The van der Waals surface area contributed by atoms with E-state index in [-0.39, 0.29) is 0 Å². The molecule has 1 saturated carbocycles. The Labute approximate surface area is 117 Å². The van der Waals surface area contributed by atoms with Crippen LogP contribution in [0.15, 0.2) is 23.8 Å². The normalized spacial score (nSPS) is 17.9. The van der Waals surface area contributed by atoms with Crippen molar-refractivity contribution in [3.8, 4) is 0 Å². The fourth-order valence-corrected chi connectivity index (χ4v) is 3.82. The molecule has 0 saturated heterocycles. The van der Waals surface area contributed by atoms with Gasteiger partial charge in [-0.2, -0.15) is 5.10 Å². The van der Waals surface area contributed by atoms with Crippen LogP contribution in [-0.2, 0) is 13.6 Å². The van der Waals surface area contributed by atoms with Crippen molar-refractivity contribution in [1.29, 1.82) is 0 Å². The molecule has 3 rings (SSSR count). The Morgan fingerprint density at radius 2 is 2.32 bits per heavy atom. The highest BCUT2D eigenvalue weighted by Crippen LogP contribution is 2.37. The minimum Gasteiger partial charge on any atom is -0.302 e. The Balaban J connectivity index is 1.68. The fraction of sp³-hybridized carbons (Fsp3) is 0.571. The first-order chi connectivity index (χ1) is 9.33. The molecule has 0 radical (unpaired) electrons. The van der Waals surface area contributed by atoms with E-state index in [0.29, 0.717) is 6.04 Å². The second-order valence-corrected chi connectivity index (χ2v) is 6.23. The zero-order valence-electron chi connectivity index (χ0n) is 11.2. The summed E-state index contributed by atoms with van der Waals surface area (Å²) in [5.41, 5.74) is 0. The quantitative estimate of drug-likeness (QED) is 0.913. The molecule has 2 aromatic rings. The van der Waals surface area contributed by atoms with E-state index in [2.05, 4.69) is 32.9 Å². The van der Waals surface area contributed by atoms with E-state index in [1.165, 1.54) is 30.6 Å². The van der Waals surface area contributed by atoms with Crippen molar-refractivity contribution in [1.82, 2.24) is 20.1 Å². The van der Waals surface area contributed by atoms with Crippen LogP contribution in [0.4, 0.5) is 0 Å².